The van der Waals surface area contributed by atoms with Gasteiger partial charge in [-0.25, -0.2) is 4.79 Å². The molecule has 3 nitrogen and oxygen atoms in total. The van der Waals surface area contributed by atoms with Crippen LogP contribution in [0.5, 0.6) is 0 Å². The number of likely N-dealkylation sites (tertiary alicyclic amines) is 1. The van der Waals surface area contributed by atoms with Crippen LogP contribution in [0.2, 0.25) is 0 Å². The van der Waals surface area contributed by atoms with E-state index in [2.05, 4.69) is 30.6 Å². The van der Waals surface area contributed by atoms with Crippen molar-refractivity contribution >= 4 is 17.4 Å². The zero-order chi connectivity index (χ0) is 13.0. The molecule has 2 atom stereocenters. The molecular formula is C14H22N2OS. The standard InChI is InChI=1S/C14H22N2OS/c1-3-12(13-7-5-9-18-13)15-14(17)16-8-4-6-11(2)10-16/h5,7,9,11-12H,3-4,6,8,10H2,1-2H3,(H,15,17). The Bertz CT molecular complexity index is 377. The summed E-state index contributed by atoms with van der Waals surface area (Å²) < 4.78 is 0. The fraction of sp³-hybridized carbons (Fsp3) is 0.643. The number of amides is 2. The van der Waals surface area contributed by atoms with E-state index < -0.39 is 0 Å². The van der Waals surface area contributed by atoms with Crippen LogP contribution in [-0.4, -0.2) is 24.0 Å². The van der Waals surface area contributed by atoms with E-state index in [9.17, 15) is 4.79 Å². The lowest BCUT2D eigenvalue weighted by Gasteiger charge is -2.32. The highest BCUT2D eigenvalue weighted by atomic mass is 32.1. The maximum atomic E-state index is 12.2. The first-order valence-corrected chi connectivity index (χ1v) is 7.67. The topological polar surface area (TPSA) is 32.3 Å². The van der Waals surface area contributed by atoms with Crippen LogP contribution in [0.15, 0.2) is 17.5 Å². The molecule has 0 bridgehead atoms. The molecule has 0 spiro atoms. The van der Waals surface area contributed by atoms with Crippen molar-refractivity contribution in [3.63, 3.8) is 0 Å². The molecule has 1 fully saturated rings. The van der Waals surface area contributed by atoms with Crippen LogP contribution in [0.1, 0.15) is 44.0 Å². The van der Waals surface area contributed by atoms with Crippen molar-refractivity contribution in [2.75, 3.05) is 13.1 Å². The summed E-state index contributed by atoms with van der Waals surface area (Å²) in [6.07, 6.45) is 3.31. The second-order valence-electron chi connectivity index (χ2n) is 5.12. The van der Waals surface area contributed by atoms with Gasteiger partial charge in [-0.1, -0.05) is 19.9 Å². The van der Waals surface area contributed by atoms with Crippen LogP contribution >= 0.6 is 11.3 Å². The van der Waals surface area contributed by atoms with Crippen molar-refractivity contribution in [2.24, 2.45) is 5.92 Å². The molecule has 100 valence electrons. The minimum Gasteiger partial charge on any atom is -0.330 e. The van der Waals surface area contributed by atoms with Crippen molar-refractivity contribution in [3.8, 4) is 0 Å². The number of hydrogen-bond donors (Lipinski definition) is 1. The number of thiophene rings is 1. The lowest BCUT2D eigenvalue weighted by molar-refractivity contribution is 0.166. The summed E-state index contributed by atoms with van der Waals surface area (Å²) in [5, 5.41) is 5.22. The van der Waals surface area contributed by atoms with Crippen LogP contribution in [0.25, 0.3) is 0 Å². The van der Waals surface area contributed by atoms with Gasteiger partial charge in [-0.3, -0.25) is 0 Å². The predicted octanol–water partition coefficient (Wildman–Crippen LogP) is 3.64. The fourth-order valence-electron chi connectivity index (χ4n) is 2.48. The highest BCUT2D eigenvalue weighted by Gasteiger charge is 2.23. The smallest absolute Gasteiger partial charge is 0.317 e. The Kier molecular flexibility index (Phi) is 4.64. The SMILES string of the molecule is CCC(NC(=O)N1CCCC(C)C1)c1cccs1. The molecule has 0 aliphatic carbocycles. The molecule has 1 aliphatic heterocycles. The molecule has 1 aromatic heterocycles. The highest BCUT2D eigenvalue weighted by molar-refractivity contribution is 7.10. The summed E-state index contributed by atoms with van der Waals surface area (Å²) in [6, 6.07) is 4.40. The van der Waals surface area contributed by atoms with Crippen LogP contribution < -0.4 is 5.32 Å². The fourth-order valence-corrected chi connectivity index (χ4v) is 3.34. The summed E-state index contributed by atoms with van der Waals surface area (Å²) in [7, 11) is 0. The maximum Gasteiger partial charge on any atom is 0.317 e. The average Bonchev–Trinajstić information content (AvgIpc) is 2.89. The largest absolute Gasteiger partial charge is 0.330 e. The molecule has 0 radical (unpaired) electrons. The first kappa shape index (κ1) is 13.4. The van der Waals surface area contributed by atoms with Crippen molar-refractivity contribution in [1.29, 1.82) is 0 Å². The van der Waals surface area contributed by atoms with Crippen LogP contribution in [0.4, 0.5) is 4.79 Å². The predicted molar refractivity (Wildman–Crippen MR) is 75.9 cm³/mol. The van der Waals surface area contributed by atoms with Crippen LogP contribution in [0.3, 0.4) is 0 Å². The number of carbonyl (C=O) groups is 1. The second kappa shape index (κ2) is 6.23. The number of rotatable bonds is 3. The molecule has 0 saturated carbocycles. The average molecular weight is 266 g/mol. The summed E-state index contributed by atoms with van der Waals surface area (Å²) in [5.74, 6) is 0.631. The van der Waals surface area contributed by atoms with Gasteiger partial charge in [0.2, 0.25) is 0 Å². The van der Waals surface area contributed by atoms with Crippen molar-refractivity contribution < 1.29 is 4.79 Å². The molecular weight excluding hydrogens is 244 g/mol. The molecule has 2 rings (SSSR count). The molecule has 2 unspecified atom stereocenters. The summed E-state index contributed by atoms with van der Waals surface area (Å²) in [5.41, 5.74) is 0. The van der Waals surface area contributed by atoms with E-state index >= 15 is 0 Å². The van der Waals surface area contributed by atoms with E-state index in [1.807, 2.05) is 11.0 Å². The lowest BCUT2D eigenvalue weighted by atomic mass is 10.0. The first-order valence-electron chi connectivity index (χ1n) is 6.79. The third-order valence-corrected chi connectivity index (χ3v) is 4.52. The molecule has 2 amide bonds. The lowest BCUT2D eigenvalue weighted by Crippen LogP contribution is -2.45. The van der Waals surface area contributed by atoms with E-state index in [0.29, 0.717) is 5.92 Å². The van der Waals surface area contributed by atoms with Gasteiger partial charge in [0.25, 0.3) is 0 Å². The van der Waals surface area contributed by atoms with E-state index in [1.165, 1.54) is 11.3 Å². The molecule has 2 heterocycles. The zero-order valence-electron chi connectivity index (χ0n) is 11.2. The summed E-state index contributed by atoms with van der Waals surface area (Å²) in [6.45, 7) is 6.13. The summed E-state index contributed by atoms with van der Waals surface area (Å²) in [4.78, 5) is 15.4. The van der Waals surface area contributed by atoms with Crippen molar-refractivity contribution in [2.45, 2.75) is 39.2 Å². The van der Waals surface area contributed by atoms with Crippen molar-refractivity contribution in [3.05, 3.63) is 22.4 Å². The second-order valence-corrected chi connectivity index (χ2v) is 6.10. The molecule has 4 heteroatoms. The van der Waals surface area contributed by atoms with Gasteiger partial charge in [-0.15, -0.1) is 11.3 Å². The van der Waals surface area contributed by atoms with Gasteiger partial charge in [-0.2, -0.15) is 0 Å². The maximum absolute atomic E-state index is 12.2. The summed E-state index contributed by atoms with van der Waals surface area (Å²) >= 11 is 1.71. The van der Waals surface area contributed by atoms with E-state index in [4.69, 9.17) is 0 Å². The molecule has 1 aliphatic rings. The Morgan fingerprint density at radius 1 is 1.67 bits per heavy atom. The number of nitrogens with one attached hydrogen (secondary N) is 1. The third kappa shape index (κ3) is 3.25. The van der Waals surface area contributed by atoms with Crippen LogP contribution in [-0.2, 0) is 0 Å². The van der Waals surface area contributed by atoms with E-state index in [0.717, 1.165) is 25.9 Å². The number of nitrogens with zero attached hydrogens (tertiary/aromatic N) is 1. The Morgan fingerprint density at radius 3 is 3.11 bits per heavy atom. The highest BCUT2D eigenvalue weighted by Crippen LogP contribution is 2.22. The van der Waals surface area contributed by atoms with Gasteiger partial charge in [0.15, 0.2) is 0 Å². The number of urea groups is 1. The van der Waals surface area contributed by atoms with Gasteiger partial charge in [0.05, 0.1) is 6.04 Å². The Labute approximate surface area is 113 Å². The van der Waals surface area contributed by atoms with E-state index in [-0.39, 0.29) is 12.1 Å². The third-order valence-electron chi connectivity index (χ3n) is 3.54. The van der Waals surface area contributed by atoms with Crippen LogP contribution in [0, 0.1) is 5.92 Å². The van der Waals surface area contributed by atoms with Gasteiger partial charge in [-0.05, 0) is 36.6 Å². The first-order chi connectivity index (χ1) is 8.70. The molecule has 1 aromatic rings. The number of hydrogen-bond acceptors (Lipinski definition) is 2. The van der Waals surface area contributed by atoms with Gasteiger partial charge in [0.1, 0.15) is 0 Å². The minimum atomic E-state index is 0.0989. The van der Waals surface area contributed by atoms with Gasteiger partial charge in [0, 0.05) is 18.0 Å². The van der Waals surface area contributed by atoms with Crippen molar-refractivity contribution in [1.82, 2.24) is 10.2 Å². The monoisotopic (exact) mass is 266 g/mol. The molecule has 1 N–H and O–H groups in total. The van der Waals surface area contributed by atoms with Gasteiger partial charge >= 0.3 is 6.03 Å². The molecule has 1 saturated heterocycles. The number of carbonyl (C=O) groups excluding carboxylic acids is 1. The quantitative estimate of drug-likeness (QED) is 0.890. The Balaban J connectivity index is 1.93. The zero-order valence-corrected chi connectivity index (χ0v) is 12.0. The Hall–Kier alpha value is -1.03. The minimum absolute atomic E-state index is 0.0989. The van der Waals surface area contributed by atoms with Gasteiger partial charge < -0.3 is 10.2 Å². The molecule has 18 heavy (non-hydrogen) atoms. The molecule has 0 aromatic carbocycles. The van der Waals surface area contributed by atoms with E-state index in [1.54, 1.807) is 11.3 Å². The Morgan fingerprint density at radius 2 is 2.50 bits per heavy atom. The normalized spacial score (nSPS) is 21.7. The number of piperidine rings is 1.